The Morgan fingerprint density at radius 3 is 2.59 bits per heavy atom. The molecule has 1 aliphatic heterocycles. The number of nitriles is 1. The minimum atomic E-state index is 0.0158. The number of fused-ring (bicyclic) bond motifs is 1. The highest BCUT2D eigenvalue weighted by atomic mass is 16.7. The maximum atomic E-state index is 12.5. The van der Waals surface area contributed by atoms with Crippen molar-refractivity contribution in [2.45, 2.75) is 39.5 Å². The largest absolute Gasteiger partial charge is 0.454 e. The highest BCUT2D eigenvalue weighted by Crippen LogP contribution is 2.33. The van der Waals surface area contributed by atoms with E-state index in [9.17, 15) is 4.79 Å². The number of nitrogens with one attached hydrogen (secondary N) is 1. The van der Waals surface area contributed by atoms with Crippen molar-refractivity contribution in [3.05, 3.63) is 76.9 Å². The maximum Gasteiger partial charge on any atom is 0.231 e. The smallest absolute Gasteiger partial charge is 0.231 e. The van der Waals surface area contributed by atoms with Crippen LogP contribution in [0.5, 0.6) is 11.5 Å². The molecule has 1 N–H and O–H groups in total. The molecule has 4 rings (SSSR count). The highest BCUT2D eigenvalue weighted by Gasteiger charge is 2.13. The maximum absolute atomic E-state index is 12.5. The van der Waals surface area contributed by atoms with E-state index in [-0.39, 0.29) is 12.7 Å². The number of hydrogen-bond acceptors (Lipinski definition) is 4. The van der Waals surface area contributed by atoms with Gasteiger partial charge in [0.05, 0.1) is 11.6 Å². The molecule has 3 aromatic carbocycles. The first-order chi connectivity index (χ1) is 15.5. The van der Waals surface area contributed by atoms with Crippen molar-refractivity contribution in [1.29, 1.82) is 5.26 Å². The first kappa shape index (κ1) is 21.5. The van der Waals surface area contributed by atoms with Crippen LogP contribution in [0, 0.1) is 25.2 Å². The zero-order valence-corrected chi connectivity index (χ0v) is 18.4. The molecule has 1 aliphatic rings. The predicted molar refractivity (Wildman–Crippen MR) is 125 cm³/mol. The summed E-state index contributed by atoms with van der Waals surface area (Å²) < 4.78 is 10.8. The van der Waals surface area contributed by atoms with Gasteiger partial charge in [-0.05, 0) is 97.3 Å². The van der Waals surface area contributed by atoms with Gasteiger partial charge in [0.15, 0.2) is 11.5 Å². The van der Waals surface area contributed by atoms with Gasteiger partial charge in [-0.3, -0.25) is 4.79 Å². The minimum absolute atomic E-state index is 0.0158. The lowest BCUT2D eigenvalue weighted by molar-refractivity contribution is -0.116. The van der Waals surface area contributed by atoms with E-state index in [1.807, 2.05) is 61.5 Å². The quantitative estimate of drug-likeness (QED) is 0.476. The molecule has 0 saturated heterocycles. The zero-order chi connectivity index (χ0) is 22.5. The van der Waals surface area contributed by atoms with Crippen molar-refractivity contribution in [2.75, 3.05) is 12.1 Å². The van der Waals surface area contributed by atoms with E-state index in [2.05, 4.69) is 18.3 Å². The van der Waals surface area contributed by atoms with Crippen LogP contribution in [0.15, 0.2) is 54.6 Å². The number of nitrogens with zero attached hydrogens (tertiary/aromatic N) is 1. The summed E-state index contributed by atoms with van der Waals surface area (Å²) in [5.41, 5.74) is 6.92. The first-order valence-electron chi connectivity index (χ1n) is 10.8. The van der Waals surface area contributed by atoms with Crippen molar-refractivity contribution in [3.63, 3.8) is 0 Å². The lowest BCUT2D eigenvalue weighted by Crippen LogP contribution is -2.11. The van der Waals surface area contributed by atoms with E-state index in [1.165, 1.54) is 5.56 Å². The highest BCUT2D eigenvalue weighted by molar-refractivity contribution is 5.91. The second-order valence-corrected chi connectivity index (χ2v) is 8.11. The molecule has 0 aromatic heterocycles. The lowest BCUT2D eigenvalue weighted by atomic mass is 9.95. The van der Waals surface area contributed by atoms with Gasteiger partial charge in [0.25, 0.3) is 0 Å². The van der Waals surface area contributed by atoms with E-state index in [1.54, 1.807) is 0 Å². The number of unbranched alkanes of at least 4 members (excludes halogenated alkanes) is 1. The van der Waals surface area contributed by atoms with Crippen LogP contribution in [0.2, 0.25) is 0 Å². The fraction of sp³-hybridized carbons (Fsp3) is 0.259. The molecule has 1 heterocycles. The molecule has 0 spiro atoms. The monoisotopic (exact) mass is 426 g/mol. The van der Waals surface area contributed by atoms with Gasteiger partial charge in [-0.25, -0.2) is 0 Å². The van der Waals surface area contributed by atoms with Gasteiger partial charge in [0, 0.05) is 12.1 Å². The van der Waals surface area contributed by atoms with Crippen molar-refractivity contribution in [1.82, 2.24) is 0 Å². The number of anilines is 1. The lowest BCUT2D eigenvalue weighted by Gasteiger charge is -2.13. The summed E-state index contributed by atoms with van der Waals surface area (Å²) in [5, 5.41) is 12.1. The van der Waals surface area contributed by atoms with Crippen molar-refractivity contribution < 1.29 is 14.3 Å². The van der Waals surface area contributed by atoms with Gasteiger partial charge in [0.2, 0.25) is 12.7 Å². The Morgan fingerprint density at radius 1 is 0.938 bits per heavy atom. The Labute approximate surface area is 188 Å². The Hall–Kier alpha value is -3.78. The molecule has 0 unspecified atom stereocenters. The van der Waals surface area contributed by atoms with Gasteiger partial charge in [-0.1, -0.05) is 18.2 Å². The van der Waals surface area contributed by atoms with E-state index < -0.39 is 0 Å². The molecule has 0 fully saturated rings. The summed E-state index contributed by atoms with van der Waals surface area (Å²) in [4.78, 5) is 12.5. The number of aryl methyl sites for hydroxylation is 3. The summed E-state index contributed by atoms with van der Waals surface area (Å²) in [6.45, 7) is 4.33. The van der Waals surface area contributed by atoms with E-state index in [0.29, 0.717) is 12.0 Å². The normalized spacial score (nSPS) is 11.8. The van der Waals surface area contributed by atoms with E-state index in [0.717, 1.165) is 58.7 Å². The van der Waals surface area contributed by atoms with Crippen molar-refractivity contribution in [2.24, 2.45) is 0 Å². The second kappa shape index (κ2) is 9.57. The van der Waals surface area contributed by atoms with Crippen molar-refractivity contribution >= 4 is 11.6 Å². The molecule has 32 heavy (non-hydrogen) atoms. The molecule has 162 valence electrons. The van der Waals surface area contributed by atoms with Crippen LogP contribution < -0.4 is 14.8 Å². The van der Waals surface area contributed by atoms with Gasteiger partial charge >= 0.3 is 0 Å². The average Bonchev–Trinajstić information content (AvgIpc) is 3.26. The number of amides is 1. The Bertz CT molecular complexity index is 1190. The summed E-state index contributed by atoms with van der Waals surface area (Å²) >= 11 is 0. The number of carbonyl (C=O) groups excluding carboxylic acids is 1. The number of hydrogen-bond donors (Lipinski definition) is 1. The fourth-order valence-electron chi connectivity index (χ4n) is 3.96. The third-order valence-electron chi connectivity index (χ3n) is 5.72. The van der Waals surface area contributed by atoms with Crippen LogP contribution in [-0.2, 0) is 11.2 Å². The molecule has 0 bridgehead atoms. The Morgan fingerprint density at radius 2 is 1.78 bits per heavy atom. The molecular formula is C27H26N2O3. The third-order valence-corrected chi connectivity index (χ3v) is 5.72. The predicted octanol–water partition coefficient (Wildman–Crippen LogP) is 5.92. The topological polar surface area (TPSA) is 71.4 Å². The van der Waals surface area contributed by atoms with Crippen LogP contribution in [-0.4, -0.2) is 12.7 Å². The van der Waals surface area contributed by atoms with Crippen LogP contribution in [0.3, 0.4) is 0 Å². The van der Waals surface area contributed by atoms with Crippen LogP contribution in [0.4, 0.5) is 5.69 Å². The summed E-state index contributed by atoms with van der Waals surface area (Å²) in [5.74, 6) is 1.61. The summed E-state index contributed by atoms with van der Waals surface area (Å²) in [7, 11) is 0. The van der Waals surface area contributed by atoms with Crippen LogP contribution in [0.1, 0.15) is 41.5 Å². The summed E-state index contributed by atoms with van der Waals surface area (Å²) in [6.07, 6.45) is 3.12. The molecule has 0 radical (unpaired) electrons. The van der Waals surface area contributed by atoms with Crippen LogP contribution >= 0.6 is 0 Å². The number of benzene rings is 3. The van der Waals surface area contributed by atoms with Gasteiger partial charge in [-0.15, -0.1) is 0 Å². The average molecular weight is 427 g/mol. The SMILES string of the molecule is Cc1cc(C#N)ccc1-c1cc(NC(=O)CCCCc2ccc3c(c2)OCO3)ccc1C. The molecule has 3 aromatic rings. The molecule has 5 nitrogen and oxygen atoms in total. The molecular weight excluding hydrogens is 400 g/mol. The third kappa shape index (κ3) is 4.92. The van der Waals surface area contributed by atoms with Crippen LogP contribution in [0.25, 0.3) is 11.1 Å². The molecule has 1 amide bonds. The minimum Gasteiger partial charge on any atom is -0.454 e. The van der Waals surface area contributed by atoms with Gasteiger partial charge in [-0.2, -0.15) is 5.26 Å². The Kier molecular flexibility index (Phi) is 6.42. The molecule has 0 saturated carbocycles. The first-order valence-corrected chi connectivity index (χ1v) is 10.8. The summed E-state index contributed by atoms with van der Waals surface area (Å²) in [6, 6.07) is 19.8. The van der Waals surface area contributed by atoms with E-state index in [4.69, 9.17) is 14.7 Å². The Balaban J connectivity index is 1.32. The second-order valence-electron chi connectivity index (χ2n) is 8.11. The zero-order valence-electron chi connectivity index (χ0n) is 18.4. The number of rotatable bonds is 7. The molecule has 0 atom stereocenters. The van der Waals surface area contributed by atoms with Gasteiger partial charge < -0.3 is 14.8 Å². The van der Waals surface area contributed by atoms with Crippen molar-refractivity contribution in [3.8, 4) is 28.7 Å². The standard InChI is InChI=1S/C27H26N2O3/c1-18-7-10-22(15-24(18)23-11-8-21(16-28)13-19(23)2)29-27(30)6-4-3-5-20-9-12-25-26(14-20)32-17-31-25/h7-15H,3-6,17H2,1-2H3,(H,29,30). The van der Waals surface area contributed by atoms with E-state index >= 15 is 0 Å². The molecule has 0 aliphatic carbocycles. The van der Waals surface area contributed by atoms with Gasteiger partial charge in [0.1, 0.15) is 0 Å². The number of carbonyl (C=O) groups is 1. The molecule has 5 heteroatoms. The number of ether oxygens (including phenoxy) is 2. The fourth-order valence-corrected chi connectivity index (χ4v) is 3.96.